The third-order valence-electron chi connectivity index (χ3n) is 10.1. The van der Waals surface area contributed by atoms with Crippen LogP contribution < -0.4 is 0 Å². The molecule has 4 heterocycles. The fraction of sp³-hybridized carbons (Fsp3) is 0.0455. The minimum atomic E-state index is -0.136. The monoisotopic (exact) mass is 642 g/mol. The van der Waals surface area contributed by atoms with Crippen molar-refractivity contribution in [2.45, 2.75) is 12.3 Å². The Labute approximate surface area is 285 Å². The number of allylic oxidation sites excluding steroid dienone is 1. The molecule has 1 atom stereocenters. The highest BCUT2D eigenvalue weighted by Crippen LogP contribution is 2.42. The number of rotatable bonds is 3. The number of hydrogen-bond acceptors (Lipinski definition) is 6. The second kappa shape index (κ2) is 10.4. The average Bonchev–Trinajstić information content (AvgIpc) is 3.75. The first kappa shape index (κ1) is 27.3. The summed E-state index contributed by atoms with van der Waals surface area (Å²) in [6.45, 7) is 0. The second-order valence-electron chi connectivity index (χ2n) is 12.9. The van der Waals surface area contributed by atoms with E-state index in [1.165, 1.54) is 10.8 Å². The number of hydrogen-bond donors (Lipinski definition) is 0. The van der Waals surface area contributed by atoms with Crippen LogP contribution in [0.1, 0.15) is 29.4 Å². The lowest BCUT2D eigenvalue weighted by Gasteiger charge is -2.23. The van der Waals surface area contributed by atoms with Crippen molar-refractivity contribution < 1.29 is 8.83 Å². The molecule has 0 saturated carbocycles. The maximum Gasteiger partial charge on any atom is 0.164 e. The van der Waals surface area contributed by atoms with Gasteiger partial charge in [-0.1, -0.05) is 97.1 Å². The predicted octanol–water partition coefficient (Wildman–Crippen LogP) is 11.3. The van der Waals surface area contributed by atoms with E-state index in [2.05, 4.69) is 78.9 Å². The van der Waals surface area contributed by atoms with Gasteiger partial charge >= 0.3 is 0 Å². The van der Waals surface area contributed by atoms with Crippen LogP contribution in [-0.4, -0.2) is 19.9 Å². The highest BCUT2D eigenvalue weighted by atomic mass is 16.3. The number of nitrogens with zero attached hydrogens (tertiary/aromatic N) is 4. The molecule has 0 saturated heterocycles. The molecule has 0 amide bonds. The average molecular weight is 643 g/mol. The lowest BCUT2D eigenvalue weighted by atomic mass is 9.85. The van der Waals surface area contributed by atoms with Gasteiger partial charge in [0.05, 0.1) is 11.6 Å². The predicted molar refractivity (Wildman–Crippen MR) is 200 cm³/mol. The summed E-state index contributed by atoms with van der Waals surface area (Å²) in [5, 5.41) is 8.82. The fourth-order valence-electron chi connectivity index (χ4n) is 7.80. The van der Waals surface area contributed by atoms with Gasteiger partial charge in [0, 0.05) is 44.3 Å². The molecule has 0 radical (unpaired) electrons. The molecule has 6 aromatic carbocycles. The van der Waals surface area contributed by atoms with Crippen LogP contribution in [0.2, 0.25) is 0 Å². The van der Waals surface area contributed by atoms with Gasteiger partial charge < -0.3 is 8.83 Å². The van der Waals surface area contributed by atoms with E-state index < -0.39 is 0 Å². The smallest absolute Gasteiger partial charge is 0.164 e. The highest BCUT2D eigenvalue weighted by molar-refractivity contribution is 6.12. The third kappa shape index (κ3) is 4.02. The summed E-state index contributed by atoms with van der Waals surface area (Å²) in [6, 6.07) is 41.5. The van der Waals surface area contributed by atoms with Gasteiger partial charge in [-0.2, -0.15) is 0 Å². The highest BCUT2D eigenvalue weighted by Gasteiger charge is 2.28. The Kier molecular flexibility index (Phi) is 5.69. The minimum absolute atomic E-state index is 0.136. The molecule has 0 fully saturated rings. The summed E-state index contributed by atoms with van der Waals surface area (Å²) < 4.78 is 12.6. The molecule has 4 aromatic heterocycles. The molecule has 1 aliphatic carbocycles. The van der Waals surface area contributed by atoms with Gasteiger partial charge in [-0.05, 0) is 64.6 Å². The van der Waals surface area contributed by atoms with Crippen molar-refractivity contribution in [3.8, 4) is 22.8 Å². The summed E-state index contributed by atoms with van der Waals surface area (Å²) in [5.74, 6) is 1.75. The van der Waals surface area contributed by atoms with E-state index in [0.717, 1.165) is 83.5 Å². The molecular weight excluding hydrogens is 617 g/mol. The third-order valence-corrected chi connectivity index (χ3v) is 10.1. The number of furan rings is 2. The van der Waals surface area contributed by atoms with Crippen LogP contribution in [0, 0.1) is 0 Å². The maximum atomic E-state index is 6.30. The van der Waals surface area contributed by atoms with Crippen LogP contribution in [0.25, 0.3) is 94.3 Å². The van der Waals surface area contributed by atoms with Gasteiger partial charge in [0.1, 0.15) is 28.2 Å². The molecule has 1 unspecified atom stereocenters. The van der Waals surface area contributed by atoms with Crippen molar-refractivity contribution >= 4 is 71.5 Å². The van der Waals surface area contributed by atoms with Gasteiger partial charge in [0.15, 0.2) is 11.6 Å². The lowest BCUT2D eigenvalue weighted by Crippen LogP contribution is -2.13. The van der Waals surface area contributed by atoms with Crippen LogP contribution in [0.3, 0.4) is 0 Å². The number of pyridine rings is 1. The number of aromatic nitrogens is 4. The maximum absolute atomic E-state index is 6.30. The van der Waals surface area contributed by atoms with E-state index in [1.807, 2.05) is 60.8 Å². The zero-order valence-corrected chi connectivity index (χ0v) is 26.7. The van der Waals surface area contributed by atoms with E-state index in [0.29, 0.717) is 17.5 Å². The lowest BCUT2D eigenvalue weighted by molar-refractivity contribution is 0.668. The van der Waals surface area contributed by atoms with Gasteiger partial charge in [0.2, 0.25) is 0 Å². The first-order valence-electron chi connectivity index (χ1n) is 16.8. The van der Waals surface area contributed by atoms with E-state index in [-0.39, 0.29) is 5.92 Å². The van der Waals surface area contributed by atoms with E-state index in [9.17, 15) is 0 Å². The SMILES string of the molecule is C1=Cc2ncc3c(ccc4ccccc43)c2C(c2nc(-c3ccc4c(c3)oc3ccccc34)nc(-c3cccc4oc5ccccc5c34)n2)C1. The molecule has 10 aromatic rings. The van der Waals surface area contributed by atoms with Gasteiger partial charge in [-0.15, -0.1) is 0 Å². The van der Waals surface area contributed by atoms with Crippen LogP contribution in [0.5, 0.6) is 0 Å². The molecule has 50 heavy (non-hydrogen) atoms. The Bertz CT molecular complexity index is 3040. The topological polar surface area (TPSA) is 77.8 Å². The molecule has 0 N–H and O–H groups in total. The Hall–Kier alpha value is -6.66. The molecule has 6 heteroatoms. The van der Waals surface area contributed by atoms with Gasteiger partial charge in [-0.25, -0.2) is 15.0 Å². The van der Waals surface area contributed by atoms with Crippen LogP contribution in [-0.2, 0) is 0 Å². The second-order valence-corrected chi connectivity index (χ2v) is 12.9. The molecule has 1 aliphatic rings. The molecule has 11 rings (SSSR count). The van der Waals surface area contributed by atoms with Crippen molar-refractivity contribution in [1.82, 2.24) is 19.9 Å². The molecule has 0 bridgehead atoms. The Morgan fingerprint density at radius 1 is 0.540 bits per heavy atom. The first-order chi connectivity index (χ1) is 24.8. The molecule has 234 valence electrons. The Balaban J connectivity index is 1.18. The molecule has 6 nitrogen and oxygen atoms in total. The van der Waals surface area contributed by atoms with E-state index in [4.69, 9.17) is 28.8 Å². The summed E-state index contributed by atoms with van der Waals surface area (Å²) in [4.78, 5) is 20.7. The summed E-state index contributed by atoms with van der Waals surface area (Å²) in [6.07, 6.45) is 7.05. The van der Waals surface area contributed by atoms with Crippen LogP contribution >= 0.6 is 0 Å². The number of benzene rings is 6. The minimum Gasteiger partial charge on any atom is -0.456 e. The number of fused-ring (bicyclic) bond motifs is 11. The van der Waals surface area contributed by atoms with Crippen molar-refractivity contribution in [3.63, 3.8) is 0 Å². The van der Waals surface area contributed by atoms with E-state index >= 15 is 0 Å². The van der Waals surface area contributed by atoms with Gasteiger partial charge in [-0.3, -0.25) is 4.98 Å². The van der Waals surface area contributed by atoms with Crippen LogP contribution in [0.15, 0.2) is 142 Å². The molecule has 0 aliphatic heterocycles. The standard InChI is InChI=1S/C44H26N4O2/c1-2-10-27-25(9-1)19-22-30-34(27)24-45-35-15-7-13-32(40(30)35)43-46-42(26-20-21-29-28-11-3-5-16-36(28)50-39(29)23-26)47-44(48-43)33-14-8-18-38-41(33)31-12-4-6-17-37(31)49-38/h1-12,14-24,32H,13H2. The largest absolute Gasteiger partial charge is 0.456 e. The first-order valence-corrected chi connectivity index (χ1v) is 16.8. The van der Waals surface area contributed by atoms with Gasteiger partial charge in [0.25, 0.3) is 0 Å². The Morgan fingerprint density at radius 2 is 1.26 bits per heavy atom. The van der Waals surface area contributed by atoms with Crippen molar-refractivity contribution in [2.24, 2.45) is 0 Å². The van der Waals surface area contributed by atoms with E-state index in [1.54, 1.807) is 0 Å². The molecule has 0 spiro atoms. The molecular formula is C44H26N4O2. The Morgan fingerprint density at radius 3 is 2.18 bits per heavy atom. The zero-order chi connectivity index (χ0) is 32.8. The summed E-state index contributed by atoms with van der Waals surface area (Å²) in [5.41, 5.74) is 7.11. The zero-order valence-electron chi connectivity index (χ0n) is 26.7. The fourth-order valence-corrected chi connectivity index (χ4v) is 7.80. The summed E-state index contributed by atoms with van der Waals surface area (Å²) >= 11 is 0. The van der Waals surface area contributed by atoms with Crippen molar-refractivity contribution in [1.29, 1.82) is 0 Å². The van der Waals surface area contributed by atoms with Crippen molar-refractivity contribution in [2.75, 3.05) is 0 Å². The quantitative estimate of drug-likeness (QED) is 0.178. The number of para-hydroxylation sites is 2. The summed E-state index contributed by atoms with van der Waals surface area (Å²) in [7, 11) is 0. The van der Waals surface area contributed by atoms with Crippen LogP contribution in [0.4, 0.5) is 0 Å². The normalized spacial score (nSPS) is 14.4. The van der Waals surface area contributed by atoms with Crippen molar-refractivity contribution in [3.05, 3.63) is 151 Å².